The smallest absolute Gasteiger partial charge is 0.136 e. The van der Waals surface area contributed by atoms with E-state index >= 15 is 0 Å². The third-order valence-electron chi connectivity index (χ3n) is 12.1. The predicted octanol–water partition coefficient (Wildman–Crippen LogP) is 11.3. The standard InChI is InChI=1S/C50H33N3/c1-2-14-33(15-3-1)49-51-44-22-10-13-25-47(44)52(49)35-28-26-32(27-29-35)34-30-39-38-18-6-11-23-45(38)53-46-24-12-9-21-42(46)50(43(31-34)48(39)53)40-19-7-4-16-36(40)37-17-5-8-20-41(37)50/h1-31,44,47H. The van der Waals surface area contributed by atoms with Gasteiger partial charge in [0, 0.05) is 22.0 Å². The topological polar surface area (TPSA) is 20.5 Å². The predicted molar refractivity (Wildman–Crippen MR) is 218 cm³/mol. The summed E-state index contributed by atoms with van der Waals surface area (Å²) in [5.74, 6) is 1.02. The molecule has 4 aliphatic rings. The quantitative estimate of drug-likeness (QED) is 0.183. The number of hydrogen-bond acceptors (Lipinski definition) is 2. The van der Waals surface area contributed by atoms with Crippen LogP contribution in [0.25, 0.3) is 49.7 Å². The molecule has 8 aromatic rings. The highest BCUT2D eigenvalue weighted by atomic mass is 15.3. The monoisotopic (exact) mass is 675 g/mol. The molecule has 3 nitrogen and oxygen atoms in total. The number of aromatic nitrogens is 1. The summed E-state index contributed by atoms with van der Waals surface area (Å²) in [7, 11) is 0. The number of benzene rings is 7. The highest BCUT2D eigenvalue weighted by Gasteiger charge is 2.50. The normalized spacial score (nSPS) is 18.3. The van der Waals surface area contributed by atoms with Crippen LogP contribution in [0.2, 0.25) is 0 Å². The van der Waals surface area contributed by atoms with Gasteiger partial charge in [-0.05, 0) is 80.9 Å². The summed E-state index contributed by atoms with van der Waals surface area (Å²) in [6.07, 6.45) is 8.76. The Morgan fingerprint density at radius 3 is 1.94 bits per heavy atom. The Kier molecular flexibility index (Phi) is 5.82. The number of aliphatic imine (C=N–C) groups is 1. The molecule has 3 heteroatoms. The molecule has 0 bridgehead atoms. The first-order valence-electron chi connectivity index (χ1n) is 18.6. The Morgan fingerprint density at radius 1 is 0.491 bits per heavy atom. The van der Waals surface area contributed by atoms with Crippen molar-refractivity contribution in [1.29, 1.82) is 0 Å². The van der Waals surface area contributed by atoms with Gasteiger partial charge in [-0.3, -0.25) is 4.99 Å². The zero-order valence-corrected chi connectivity index (χ0v) is 28.9. The van der Waals surface area contributed by atoms with Gasteiger partial charge in [0.15, 0.2) is 0 Å². The van der Waals surface area contributed by atoms with Gasteiger partial charge in [0.1, 0.15) is 5.84 Å². The Bertz CT molecular complexity index is 2860. The van der Waals surface area contributed by atoms with Crippen molar-refractivity contribution in [2.45, 2.75) is 17.5 Å². The van der Waals surface area contributed by atoms with Gasteiger partial charge in [-0.25, -0.2) is 0 Å². The van der Waals surface area contributed by atoms with E-state index in [0.29, 0.717) is 0 Å². The first-order chi connectivity index (χ1) is 26.3. The van der Waals surface area contributed by atoms with Crippen molar-refractivity contribution < 1.29 is 0 Å². The van der Waals surface area contributed by atoms with Crippen LogP contribution in [-0.4, -0.2) is 22.5 Å². The minimum atomic E-state index is -0.463. The van der Waals surface area contributed by atoms with E-state index < -0.39 is 5.41 Å². The molecule has 0 saturated carbocycles. The van der Waals surface area contributed by atoms with Crippen LogP contribution < -0.4 is 4.90 Å². The third-order valence-corrected chi connectivity index (χ3v) is 12.1. The second-order valence-electron chi connectivity index (χ2n) is 14.6. The summed E-state index contributed by atoms with van der Waals surface area (Å²) in [6, 6.07) is 61.1. The van der Waals surface area contributed by atoms with Crippen LogP contribution >= 0.6 is 0 Å². The largest absolute Gasteiger partial charge is 0.317 e. The van der Waals surface area contributed by atoms with Crippen molar-refractivity contribution in [2.24, 2.45) is 4.99 Å². The summed E-state index contributed by atoms with van der Waals surface area (Å²) in [5.41, 5.74) is 16.0. The van der Waals surface area contributed by atoms with Crippen LogP contribution in [0.4, 0.5) is 5.69 Å². The molecule has 2 atom stereocenters. The molecule has 2 aliphatic carbocycles. The molecule has 0 N–H and O–H groups in total. The second kappa shape index (κ2) is 10.7. The fraction of sp³-hybridized carbons (Fsp3) is 0.0600. The van der Waals surface area contributed by atoms with Crippen molar-refractivity contribution in [1.82, 2.24) is 4.57 Å². The van der Waals surface area contributed by atoms with Gasteiger partial charge in [0.25, 0.3) is 0 Å². The van der Waals surface area contributed by atoms with E-state index in [1.807, 2.05) is 0 Å². The van der Waals surface area contributed by atoms with E-state index in [1.54, 1.807) is 0 Å². The van der Waals surface area contributed by atoms with Gasteiger partial charge in [0.2, 0.25) is 0 Å². The van der Waals surface area contributed by atoms with Crippen LogP contribution in [-0.2, 0) is 5.41 Å². The summed E-state index contributed by atoms with van der Waals surface area (Å²) in [6.45, 7) is 0. The lowest BCUT2D eigenvalue weighted by atomic mass is 9.65. The molecule has 0 radical (unpaired) electrons. The SMILES string of the molecule is C1=CC2N=C(c3ccccc3)N(c3ccc(-c4cc5c6c(c4)c4ccccc4n6-c4ccccc4C54c5ccccc5-c5ccccc54)cc3)C2C=C1. The molecular formula is C50H33N3. The minimum absolute atomic E-state index is 0.0962. The number of amidine groups is 1. The van der Waals surface area contributed by atoms with Gasteiger partial charge < -0.3 is 9.47 Å². The highest BCUT2D eigenvalue weighted by molar-refractivity contribution is 6.15. The second-order valence-corrected chi connectivity index (χ2v) is 14.6. The van der Waals surface area contributed by atoms with Gasteiger partial charge in [0.05, 0.1) is 34.2 Å². The van der Waals surface area contributed by atoms with Crippen LogP contribution in [0.1, 0.15) is 27.8 Å². The van der Waals surface area contributed by atoms with Crippen LogP contribution in [0.15, 0.2) is 193 Å². The van der Waals surface area contributed by atoms with Gasteiger partial charge in [-0.15, -0.1) is 0 Å². The maximum absolute atomic E-state index is 5.21. The van der Waals surface area contributed by atoms with E-state index in [1.165, 1.54) is 72.0 Å². The van der Waals surface area contributed by atoms with E-state index in [2.05, 4.69) is 198 Å². The van der Waals surface area contributed by atoms with Crippen LogP contribution in [0, 0.1) is 0 Å². The van der Waals surface area contributed by atoms with E-state index in [9.17, 15) is 0 Å². The van der Waals surface area contributed by atoms with Crippen molar-refractivity contribution in [2.75, 3.05) is 4.90 Å². The molecule has 0 saturated heterocycles. The molecule has 2 unspecified atom stereocenters. The number of nitrogens with zero attached hydrogens (tertiary/aromatic N) is 3. The first kappa shape index (κ1) is 28.9. The van der Waals surface area contributed by atoms with Gasteiger partial charge >= 0.3 is 0 Å². The molecule has 0 fully saturated rings. The van der Waals surface area contributed by atoms with Crippen molar-refractivity contribution in [3.8, 4) is 27.9 Å². The third kappa shape index (κ3) is 3.76. The molecule has 248 valence electrons. The van der Waals surface area contributed by atoms with E-state index in [0.717, 1.165) is 17.1 Å². The number of rotatable bonds is 3. The molecule has 7 aromatic carbocycles. The summed E-state index contributed by atoms with van der Waals surface area (Å²) in [4.78, 5) is 7.62. The van der Waals surface area contributed by atoms with E-state index in [-0.39, 0.29) is 12.1 Å². The van der Waals surface area contributed by atoms with Gasteiger partial charge in [-0.2, -0.15) is 0 Å². The maximum atomic E-state index is 5.21. The van der Waals surface area contributed by atoms with Crippen LogP contribution in [0.5, 0.6) is 0 Å². The first-order valence-corrected chi connectivity index (χ1v) is 18.6. The maximum Gasteiger partial charge on any atom is 0.136 e. The lowest BCUT2D eigenvalue weighted by molar-refractivity contribution is 0.739. The number of para-hydroxylation sites is 2. The summed E-state index contributed by atoms with van der Waals surface area (Å²) < 4.78 is 2.53. The lowest BCUT2D eigenvalue weighted by Crippen LogP contribution is -2.39. The lowest BCUT2D eigenvalue weighted by Gasteiger charge is -2.39. The number of allylic oxidation sites excluding steroid dienone is 2. The molecule has 0 amide bonds. The summed E-state index contributed by atoms with van der Waals surface area (Å²) in [5, 5.41) is 2.56. The molecule has 12 rings (SSSR count). The molecule has 1 aromatic heterocycles. The van der Waals surface area contributed by atoms with Crippen molar-refractivity contribution in [3.63, 3.8) is 0 Å². The average Bonchev–Trinajstić information content (AvgIpc) is 3.88. The molecule has 3 heterocycles. The highest BCUT2D eigenvalue weighted by Crippen LogP contribution is 2.61. The molecular weight excluding hydrogens is 643 g/mol. The number of hydrogen-bond donors (Lipinski definition) is 0. The Balaban J connectivity index is 1.11. The van der Waals surface area contributed by atoms with E-state index in [4.69, 9.17) is 4.99 Å². The van der Waals surface area contributed by atoms with Crippen LogP contribution in [0.3, 0.4) is 0 Å². The van der Waals surface area contributed by atoms with Gasteiger partial charge in [-0.1, -0.05) is 152 Å². The number of fused-ring (bicyclic) bond motifs is 13. The Morgan fingerprint density at radius 2 is 1.15 bits per heavy atom. The summed E-state index contributed by atoms with van der Waals surface area (Å²) >= 11 is 0. The average molecular weight is 676 g/mol. The number of anilines is 1. The van der Waals surface area contributed by atoms with Crippen molar-refractivity contribution in [3.05, 3.63) is 216 Å². The Labute approximate surface area is 308 Å². The zero-order valence-electron chi connectivity index (χ0n) is 28.9. The fourth-order valence-electron chi connectivity index (χ4n) is 9.94. The molecule has 2 aliphatic heterocycles. The van der Waals surface area contributed by atoms with Crippen molar-refractivity contribution >= 4 is 33.3 Å². The molecule has 1 spiro atoms. The zero-order chi connectivity index (χ0) is 34.7. The minimum Gasteiger partial charge on any atom is -0.317 e. The Hall–Kier alpha value is -6.71. The molecule has 53 heavy (non-hydrogen) atoms. The fourth-order valence-corrected chi connectivity index (χ4v) is 9.94.